The molecule has 2 aromatic rings. The molecule has 0 saturated heterocycles. The van der Waals surface area contributed by atoms with E-state index < -0.39 is 11.7 Å². The molecule has 0 fully saturated rings. The second-order valence-corrected chi connectivity index (χ2v) is 6.25. The molecule has 7 heteroatoms. The molecular weight excluding hydrogens is 351 g/mol. The molecule has 3 rings (SSSR count). The average molecular weight is 372 g/mol. The van der Waals surface area contributed by atoms with Crippen LogP contribution >= 0.6 is 0 Å². The Hall–Kier alpha value is -2.93. The Bertz CT molecular complexity index is 840. The molecule has 142 valence electrons. The molecule has 0 bridgehead atoms. The Labute approximate surface area is 156 Å². The summed E-state index contributed by atoms with van der Waals surface area (Å²) in [5, 5.41) is 5.49. The van der Waals surface area contributed by atoms with Gasteiger partial charge in [0, 0.05) is 19.3 Å². The summed E-state index contributed by atoms with van der Waals surface area (Å²) in [4.78, 5) is 24.5. The van der Waals surface area contributed by atoms with Crippen molar-refractivity contribution in [3.63, 3.8) is 0 Å². The topological polar surface area (TPSA) is 76.7 Å². The van der Waals surface area contributed by atoms with Gasteiger partial charge in [0.25, 0.3) is 5.91 Å². The first-order valence-electron chi connectivity index (χ1n) is 8.66. The maximum atomic E-state index is 13.7. The molecule has 27 heavy (non-hydrogen) atoms. The van der Waals surface area contributed by atoms with Crippen LogP contribution in [0.3, 0.4) is 0 Å². The number of carbonyl (C=O) groups excluding carboxylic acids is 2. The number of ether oxygens (including phenoxy) is 2. The van der Waals surface area contributed by atoms with Gasteiger partial charge in [-0.1, -0.05) is 12.1 Å². The van der Waals surface area contributed by atoms with Crippen molar-refractivity contribution in [3.05, 3.63) is 59.4 Å². The Morgan fingerprint density at radius 2 is 2.07 bits per heavy atom. The molecule has 1 aliphatic rings. The van der Waals surface area contributed by atoms with Gasteiger partial charge in [-0.05, 0) is 42.3 Å². The maximum Gasteiger partial charge on any atom is 0.258 e. The minimum atomic E-state index is -0.580. The largest absolute Gasteiger partial charge is 0.492 e. The lowest BCUT2D eigenvalue weighted by Gasteiger charge is -2.25. The molecule has 2 amide bonds. The number of fused-ring (bicyclic) bond motifs is 1. The van der Waals surface area contributed by atoms with E-state index in [0.29, 0.717) is 37.6 Å². The van der Waals surface area contributed by atoms with Crippen molar-refractivity contribution < 1.29 is 23.5 Å². The summed E-state index contributed by atoms with van der Waals surface area (Å²) in [6.45, 7) is 1.19. The van der Waals surface area contributed by atoms with Crippen molar-refractivity contribution in [2.75, 3.05) is 32.2 Å². The summed E-state index contributed by atoms with van der Waals surface area (Å²) in [5.74, 6) is -0.840. The molecule has 2 aromatic carbocycles. The number of nitrogens with one attached hydrogen (secondary N) is 2. The first-order valence-corrected chi connectivity index (χ1v) is 8.66. The van der Waals surface area contributed by atoms with Gasteiger partial charge in [-0.3, -0.25) is 9.59 Å². The molecule has 0 spiro atoms. The highest BCUT2D eigenvalue weighted by molar-refractivity contribution is 6.04. The molecule has 1 atom stereocenters. The summed E-state index contributed by atoms with van der Waals surface area (Å²) < 4.78 is 24.3. The van der Waals surface area contributed by atoms with Gasteiger partial charge in [0.1, 0.15) is 18.2 Å². The van der Waals surface area contributed by atoms with Crippen molar-refractivity contribution in [1.82, 2.24) is 5.32 Å². The minimum Gasteiger partial charge on any atom is -0.492 e. The third-order valence-electron chi connectivity index (χ3n) is 4.32. The third-order valence-corrected chi connectivity index (χ3v) is 4.32. The van der Waals surface area contributed by atoms with E-state index in [0.717, 1.165) is 5.56 Å². The van der Waals surface area contributed by atoms with Gasteiger partial charge in [-0.2, -0.15) is 0 Å². The van der Waals surface area contributed by atoms with Crippen molar-refractivity contribution in [2.24, 2.45) is 5.92 Å². The Morgan fingerprint density at radius 3 is 2.85 bits per heavy atom. The number of anilines is 1. The zero-order chi connectivity index (χ0) is 19.2. The molecule has 0 aromatic heterocycles. The van der Waals surface area contributed by atoms with Crippen molar-refractivity contribution in [1.29, 1.82) is 0 Å². The summed E-state index contributed by atoms with van der Waals surface area (Å²) in [6, 6.07) is 11.0. The minimum absolute atomic E-state index is 0.0260. The predicted octanol–water partition coefficient (Wildman–Crippen LogP) is 2.39. The molecule has 2 N–H and O–H groups in total. The fraction of sp³-hybridized carbons (Fsp3) is 0.300. The number of amides is 2. The van der Waals surface area contributed by atoms with Crippen LogP contribution in [0.5, 0.6) is 5.75 Å². The quantitative estimate of drug-likeness (QED) is 0.764. The first-order chi connectivity index (χ1) is 13.1. The summed E-state index contributed by atoms with van der Waals surface area (Å²) >= 11 is 0. The SMILES string of the molecule is COCCNC(=O)[C@H]1COc2ccc(NC(=O)c3ccccc3F)cc2C1. The second-order valence-electron chi connectivity index (χ2n) is 6.25. The lowest BCUT2D eigenvalue weighted by molar-refractivity contribution is -0.126. The van der Waals surface area contributed by atoms with E-state index in [1.54, 1.807) is 31.4 Å². The molecular formula is C20H21FN2O4. The van der Waals surface area contributed by atoms with Gasteiger partial charge in [0.2, 0.25) is 5.91 Å². The lowest BCUT2D eigenvalue weighted by Crippen LogP contribution is -2.38. The van der Waals surface area contributed by atoms with Crippen molar-refractivity contribution in [2.45, 2.75) is 6.42 Å². The van der Waals surface area contributed by atoms with Crippen LogP contribution in [0.15, 0.2) is 42.5 Å². The average Bonchev–Trinajstić information content (AvgIpc) is 2.67. The predicted molar refractivity (Wildman–Crippen MR) is 98.4 cm³/mol. The van der Waals surface area contributed by atoms with Crippen LogP contribution in [-0.4, -0.2) is 38.7 Å². The van der Waals surface area contributed by atoms with Crippen LogP contribution in [0.25, 0.3) is 0 Å². The standard InChI is InChI=1S/C20H21FN2O4/c1-26-9-8-22-19(24)14-10-13-11-15(6-7-18(13)27-12-14)23-20(25)16-4-2-3-5-17(16)21/h2-7,11,14H,8-10,12H2,1H3,(H,22,24)(H,23,25)/t14-/m1/s1. The van der Waals surface area contributed by atoms with E-state index in [4.69, 9.17) is 9.47 Å². The monoisotopic (exact) mass is 372 g/mol. The molecule has 0 saturated carbocycles. The number of rotatable bonds is 6. The molecule has 0 aliphatic carbocycles. The van der Waals surface area contributed by atoms with Gasteiger partial charge in [0.05, 0.1) is 18.1 Å². The zero-order valence-corrected chi connectivity index (χ0v) is 15.0. The van der Waals surface area contributed by atoms with E-state index in [2.05, 4.69) is 10.6 Å². The lowest BCUT2D eigenvalue weighted by atomic mass is 9.95. The van der Waals surface area contributed by atoms with Crippen molar-refractivity contribution >= 4 is 17.5 Å². The summed E-state index contributed by atoms with van der Waals surface area (Å²) in [7, 11) is 1.57. The van der Waals surface area contributed by atoms with Gasteiger partial charge in [0.15, 0.2) is 0 Å². The molecule has 6 nitrogen and oxygen atoms in total. The van der Waals surface area contributed by atoms with Crippen LogP contribution in [-0.2, 0) is 16.0 Å². The molecule has 0 unspecified atom stereocenters. The van der Waals surface area contributed by atoms with Crippen LogP contribution in [0.2, 0.25) is 0 Å². The molecule has 1 heterocycles. The van der Waals surface area contributed by atoms with Crippen molar-refractivity contribution in [3.8, 4) is 5.75 Å². The number of benzene rings is 2. The number of methoxy groups -OCH3 is 1. The van der Waals surface area contributed by atoms with Crippen LogP contribution in [0, 0.1) is 11.7 Å². The van der Waals surface area contributed by atoms with E-state index in [-0.39, 0.29) is 17.4 Å². The number of hydrogen-bond acceptors (Lipinski definition) is 4. The fourth-order valence-electron chi connectivity index (χ4n) is 2.91. The summed E-state index contributed by atoms with van der Waals surface area (Å²) in [5.41, 5.74) is 1.31. The highest BCUT2D eigenvalue weighted by Crippen LogP contribution is 2.30. The zero-order valence-electron chi connectivity index (χ0n) is 15.0. The highest BCUT2D eigenvalue weighted by Gasteiger charge is 2.26. The van der Waals surface area contributed by atoms with Gasteiger partial charge in [-0.15, -0.1) is 0 Å². The molecule has 0 radical (unpaired) electrons. The smallest absolute Gasteiger partial charge is 0.258 e. The van der Waals surface area contributed by atoms with Gasteiger partial charge < -0.3 is 20.1 Å². The number of carbonyl (C=O) groups is 2. The Kier molecular flexibility index (Phi) is 6.03. The van der Waals surface area contributed by atoms with E-state index >= 15 is 0 Å². The van der Waals surface area contributed by atoms with Crippen LogP contribution in [0.1, 0.15) is 15.9 Å². The third kappa shape index (κ3) is 4.62. The Morgan fingerprint density at radius 1 is 1.26 bits per heavy atom. The van der Waals surface area contributed by atoms with Gasteiger partial charge >= 0.3 is 0 Å². The summed E-state index contributed by atoms with van der Waals surface area (Å²) in [6.07, 6.45) is 0.498. The fourth-order valence-corrected chi connectivity index (χ4v) is 2.91. The van der Waals surface area contributed by atoms with Gasteiger partial charge in [-0.25, -0.2) is 4.39 Å². The number of halogens is 1. The van der Waals surface area contributed by atoms with E-state index in [1.165, 1.54) is 18.2 Å². The Balaban J connectivity index is 1.68. The van der Waals surface area contributed by atoms with Crippen LogP contribution in [0.4, 0.5) is 10.1 Å². The number of hydrogen-bond donors (Lipinski definition) is 2. The second kappa shape index (κ2) is 8.64. The molecule has 1 aliphatic heterocycles. The first kappa shape index (κ1) is 18.8. The van der Waals surface area contributed by atoms with E-state index in [1.807, 2.05) is 0 Å². The normalized spacial score (nSPS) is 15.4. The van der Waals surface area contributed by atoms with E-state index in [9.17, 15) is 14.0 Å². The highest BCUT2D eigenvalue weighted by atomic mass is 19.1. The maximum absolute atomic E-state index is 13.7. The van der Waals surface area contributed by atoms with Crippen LogP contribution < -0.4 is 15.4 Å².